The Labute approximate surface area is 126 Å². The Bertz CT molecular complexity index is 484. The van der Waals surface area contributed by atoms with Crippen molar-refractivity contribution in [3.8, 4) is 0 Å². The van der Waals surface area contributed by atoms with Gasteiger partial charge >= 0.3 is 0 Å². The molecule has 2 rings (SSSR count). The normalized spacial score (nSPS) is 14.1. The smallest absolute Gasteiger partial charge is 0.233 e. The number of thioether (sulfide) groups is 1. The molecular formula is C12H18N4O2S2. The maximum atomic E-state index is 11.9. The Balaban J connectivity index is 1.80. The largest absolute Gasteiger partial charge is 0.343 e. The number of nitrogens with zero attached hydrogens (tertiary/aromatic N) is 3. The minimum absolute atomic E-state index is 0.0249. The van der Waals surface area contributed by atoms with E-state index < -0.39 is 0 Å². The Kier molecular flexibility index (Phi) is 5.36. The first-order chi connectivity index (χ1) is 9.63. The van der Waals surface area contributed by atoms with Crippen LogP contribution in [-0.4, -0.2) is 45.8 Å². The monoisotopic (exact) mass is 314 g/mol. The van der Waals surface area contributed by atoms with E-state index in [9.17, 15) is 9.59 Å². The van der Waals surface area contributed by atoms with Gasteiger partial charge in [-0.2, -0.15) is 0 Å². The molecule has 1 aliphatic rings. The summed E-state index contributed by atoms with van der Waals surface area (Å²) >= 11 is 2.68. The standard InChI is InChI=1S/C12H18N4O2S2/c1-3-16(4-2)9(17)7-19-12-15-14-11(20-12)13-10(18)8-5-6-8/h8H,3-7H2,1-2H3,(H,13,14,18). The average Bonchev–Trinajstić information content (AvgIpc) is 3.20. The highest BCUT2D eigenvalue weighted by molar-refractivity contribution is 8.01. The molecule has 20 heavy (non-hydrogen) atoms. The van der Waals surface area contributed by atoms with Gasteiger partial charge in [0.25, 0.3) is 0 Å². The molecule has 6 nitrogen and oxygen atoms in total. The van der Waals surface area contributed by atoms with Gasteiger partial charge in [-0.25, -0.2) is 0 Å². The van der Waals surface area contributed by atoms with Gasteiger partial charge in [0.2, 0.25) is 16.9 Å². The van der Waals surface area contributed by atoms with Crippen LogP contribution in [0.15, 0.2) is 4.34 Å². The third kappa shape index (κ3) is 4.17. The molecule has 110 valence electrons. The third-order valence-electron chi connectivity index (χ3n) is 3.02. The number of carbonyl (C=O) groups excluding carboxylic acids is 2. The van der Waals surface area contributed by atoms with Crippen molar-refractivity contribution in [1.82, 2.24) is 15.1 Å². The maximum absolute atomic E-state index is 11.9. The Morgan fingerprint density at radius 2 is 2.05 bits per heavy atom. The lowest BCUT2D eigenvalue weighted by Crippen LogP contribution is -2.31. The van der Waals surface area contributed by atoms with Gasteiger partial charge in [0.15, 0.2) is 4.34 Å². The van der Waals surface area contributed by atoms with Crippen LogP contribution in [-0.2, 0) is 9.59 Å². The van der Waals surface area contributed by atoms with Crippen LogP contribution in [0.2, 0.25) is 0 Å². The van der Waals surface area contributed by atoms with Gasteiger partial charge in [-0.05, 0) is 26.7 Å². The molecule has 0 saturated heterocycles. The fourth-order valence-electron chi connectivity index (χ4n) is 1.66. The molecule has 1 saturated carbocycles. The number of aromatic nitrogens is 2. The van der Waals surface area contributed by atoms with Crippen molar-refractivity contribution in [2.45, 2.75) is 31.0 Å². The van der Waals surface area contributed by atoms with Crippen LogP contribution in [0.1, 0.15) is 26.7 Å². The number of nitrogens with one attached hydrogen (secondary N) is 1. The summed E-state index contributed by atoms with van der Waals surface area (Å²) in [6, 6.07) is 0. The van der Waals surface area contributed by atoms with E-state index in [1.165, 1.54) is 23.1 Å². The maximum Gasteiger partial charge on any atom is 0.233 e. The van der Waals surface area contributed by atoms with Gasteiger partial charge in [0, 0.05) is 19.0 Å². The molecule has 0 atom stereocenters. The predicted molar refractivity (Wildman–Crippen MR) is 79.9 cm³/mol. The SMILES string of the molecule is CCN(CC)C(=O)CSc1nnc(NC(=O)C2CC2)s1. The lowest BCUT2D eigenvalue weighted by Gasteiger charge is -2.17. The Hall–Kier alpha value is -1.15. The molecule has 0 aliphatic heterocycles. The zero-order chi connectivity index (χ0) is 14.5. The van der Waals surface area contributed by atoms with Gasteiger partial charge in [-0.1, -0.05) is 23.1 Å². The second-order valence-electron chi connectivity index (χ2n) is 4.49. The predicted octanol–water partition coefficient (Wildman–Crippen LogP) is 1.85. The highest BCUT2D eigenvalue weighted by atomic mass is 32.2. The van der Waals surface area contributed by atoms with E-state index in [0.29, 0.717) is 28.3 Å². The summed E-state index contributed by atoms with van der Waals surface area (Å²) in [5, 5.41) is 11.2. The van der Waals surface area contributed by atoms with Crippen LogP contribution < -0.4 is 5.32 Å². The Morgan fingerprint density at radius 3 is 2.65 bits per heavy atom. The van der Waals surface area contributed by atoms with Crippen LogP contribution in [0, 0.1) is 5.92 Å². The zero-order valence-electron chi connectivity index (χ0n) is 11.6. The highest BCUT2D eigenvalue weighted by Gasteiger charge is 2.30. The minimum atomic E-state index is 0.0249. The Morgan fingerprint density at radius 1 is 1.35 bits per heavy atom. The van der Waals surface area contributed by atoms with Crippen molar-refractivity contribution in [2.24, 2.45) is 5.92 Å². The second kappa shape index (κ2) is 7.03. The van der Waals surface area contributed by atoms with Crippen molar-refractivity contribution in [2.75, 3.05) is 24.2 Å². The van der Waals surface area contributed by atoms with Crippen molar-refractivity contribution < 1.29 is 9.59 Å². The van der Waals surface area contributed by atoms with Gasteiger partial charge in [0.05, 0.1) is 5.75 Å². The fraction of sp³-hybridized carbons (Fsp3) is 0.667. The first-order valence-electron chi connectivity index (χ1n) is 6.69. The average molecular weight is 314 g/mol. The molecule has 1 aromatic heterocycles. The molecular weight excluding hydrogens is 296 g/mol. The third-order valence-corrected chi connectivity index (χ3v) is 4.98. The van der Waals surface area contributed by atoms with Gasteiger partial charge < -0.3 is 10.2 Å². The molecule has 0 spiro atoms. The van der Waals surface area contributed by atoms with Crippen LogP contribution in [0.3, 0.4) is 0 Å². The second-order valence-corrected chi connectivity index (χ2v) is 6.69. The number of carbonyl (C=O) groups is 2. The molecule has 1 N–H and O–H groups in total. The molecule has 1 aliphatic carbocycles. The van der Waals surface area contributed by atoms with E-state index in [1.807, 2.05) is 13.8 Å². The zero-order valence-corrected chi connectivity index (χ0v) is 13.2. The highest BCUT2D eigenvalue weighted by Crippen LogP contribution is 2.31. The van der Waals surface area contributed by atoms with Crippen molar-refractivity contribution in [3.63, 3.8) is 0 Å². The number of hydrogen-bond donors (Lipinski definition) is 1. The molecule has 0 bridgehead atoms. The first-order valence-corrected chi connectivity index (χ1v) is 8.49. The van der Waals surface area contributed by atoms with Crippen LogP contribution in [0.4, 0.5) is 5.13 Å². The summed E-state index contributed by atoms with van der Waals surface area (Å²) in [6.45, 7) is 5.36. The first kappa shape index (κ1) is 15.2. The molecule has 1 heterocycles. The van der Waals surface area contributed by atoms with Crippen molar-refractivity contribution in [3.05, 3.63) is 0 Å². The molecule has 1 aromatic rings. The number of anilines is 1. The topological polar surface area (TPSA) is 75.2 Å². The van der Waals surface area contributed by atoms with Gasteiger partial charge in [-0.3, -0.25) is 9.59 Å². The summed E-state index contributed by atoms with van der Waals surface area (Å²) < 4.78 is 0.705. The molecule has 0 unspecified atom stereocenters. The number of amides is 2. The van der Waals surface area contributed by atoms with Crippen LogP contribution in [0.25, 0.3) is 0 Å². The van der Waals surface area contributed by atoms with E-state index in [4.69, 9.17) is 0 Å². The van der Waals surface area contributed by atoms with E-state index in [1.54, 1.807) is 4.90 Å². The number of rotatable bonds is 7. The van der Waals surface area contributed by atoms with Gasteiger partial charge in [-0.15, -0.1) is 10.2 Å². The van der Waals surface area contributed by atoms with E-state index in [0.717, 1.165) is 12.8 Å². The van der Waals surface area contributed by atoms with Crippen molar-refractivity contribution in [1.29, 1.82) is 0 Å². The molecule has 8 heteroatoms. The van der Waals surface area contributed by atoms with E-state index >= 15 is 0 Å². The van der Waals surface area contributed by atoms with Crippen LogP contribution >= 0.6 is 23.1 Å². The van der Waals surface area contributed by atoms with E-state index in [-0.39, 0.29) is 17.7 Å². The number of hydrogen-bond acceptors (Lipinski definition) is 6. The minimum Gasteiger partial charge on any atom is -0.343 e. The van der Waals surface area contributed by atoms with Gasteiger partial charge in [0.1, 0.15) is 0 Å². The summed E-state index contributed by atoms with van der Waals surface area (Å²) in [4.78, 5) is 25.2. The molecule has 1 fully saturated rings. The lowest BCUT2D eigenvalue weighted by molar-refractivity contribution is -0.128. The fourth-order valence-corrected chi connectivity index (χ4v) is 3.32. The van der Waals surface area contributed by atoms with Crippen molar-refractivity contribution >= 4 is 40.0 Å². The summed E-state index contributed by atoms with van der Waals surface area (Å²) in [7, 11) is 0. The molecule has 2 amide bonds. The van der Waals surface area contributed by atoms with Crippen LogP contribution in [0.5, 0.6) is 0 Å². The quantitative estimate of drug-likeness (QED) is 0.614. The summed E-state index contributed by atoms with van der Waals surface area (Å²) in [5.74, 6) is 0.627. The lowest BCUT2D eigenvalue weighted by atomic mass is 10.4. The van der Waals surface area contributed by atoms with E-state index in [2.05, 4.69) is 15.5 Å². The molecule has 0 radical (unpaired) electrons. The summed E-state index contributed by atoms with van der Waals surface area (Å²) in [6.07, 6.45) is 1.93. The summed E-state index contributed by atoms with van der Waals surface area (Å²) in [5.41, 5.74) is 0. The molecule has 0 aromatic carbocycles.